The fourth-order valence-corrected chi connectivity index (χ4v) is 1.51. The first kappa shape index (κ1) is 10.2. The Morgan fingerprint density at radius 3 is 2.62 bits per heavy atom. The summed E-state index contributed by atoms with van der Waals surface area (Å²) in [7, 11) is 4.11. The Balaban J connectivity index is 2.91. The molecule has 0 aliphatic carbocycles. The summed E-state index contributed by atoms with van der Waals surface area (Å²) < 4.78 is 12.9. The molecule has 0 saturated heterocycles. The van der Waals surface area contributed by atoms with E-state index in [1.807, 2.05) is 6.07 Å². The van der Waals surface area contributed by atoms with Crippen LogP contribution in [-0.4, -0.2) is 20.6 Å². The number of quaternary nitrogens is 2. The summed E-state index contributed by atoms with van der Waals surface area (Å²) in [4.78, 5) is 1.28. The predicted molar refractivity (Wildman–Crippen MR) is 49.7 cm³/mol. The van der Waals surface area contributed by atoms with Crippen LogP contribution in [-0.2, 0) is 0 Å². The topological polar surface area (TPSA) is 32.1 Å². The molecule has 0 aliphatic heterocycles. The van der Waals surface area contributed by atoms with Crippen molar-refractivity contribution in [3.8, 4) is 0 Å². The largest absolute Gasteiger partial charge is 0.352 e. The molecule has 0 amide bonds. The van der Waals surface area contributed by atoms with Crippen molar-refractivity contribution in [2.45, 2.75) is 6.04 Å². The van der Waals surface area contributed by atoms with Gasteiger partial charge in [0.15, 0.2) is 6.04 Å². The zero-order valence-electron chi connectivity index (χ0n) is 8.18. The van der Waals surface area contributed by atoms with Crippen LogP contribution in [0, 0.1) is 5.82 Å². The third kappa shape index (κ3) is 2.50. The summed E-state index contributed by atoms with van der Waals surface area (Å²) in [5.74, 6) is -0.169. The molecule has 2 nitrogen and oxygen atoms in total. The summed E-state index contributed by atoms with van der Waals surface area (Å²) in [6.45, 7) is 0.784. The Hall–Kier alpha value is -0.930. The molecule has 1 aromatic rings. The molecule has 0 aliphatic rings. The predicted octanol–water partition coefficient (Wildman–Crippen LogP) is -0.747. The van der Waals surface area contributed by atoms with Gasteiger partial charge >= 0.3 is 0 Å². The lowest BCUT2D eigenvalue weighted by Gasteiger charge is -2.18. The molecule has 4 N–H and O–H groups in total. The van der Waals surface area contributed by atoms with Crippen LogP contribution < -0.4 is 10.6 Å². The number of halogens is 1. The Bertz CT molecular complexity index is 273. The van der Waals surface area contributed by atoms with E-state index in [2.05, 4.69) is 19.8 Å². The van der Waals surface area contributed by atoms with Gasteiger partial charge in [0.05, 0.1) is 14.1 Å². The monoisotopic (exact) mass is 184 g/mol. The highest BCUT2D eigenvalue weighted by Gasteiger charge is 2.17. The highest BCUT2D eigenvalue weighted by molar-refractivity contribution is 5.18. The first-order valence-electron chi connectivity index (χ1n) is 4.50. The SMILES string of the molecule is C[NH+](C)[C@H](C[NH3+])c1cccc(F)c1. The Morgan fingerprint density at radius 2 is 2.15 bits per heavy atom. The number of hydrogen-bond donors (Lipinski definition) is 2. The fourth-order valence-electron chi connectivity index (χ4n) is 1.51. The van der Waals surface area contributed by atoms with Crippen LogP contribution in [0.2, 0.25) is 0 Å². The zero-order chi connectivity index (χ0) is 9.84. The molecule has 0 radical (unpaired) electrons. The van der Waals surface area contributed by atoms with Gasteiger partial charge in [-0.2, -0.15) is 0 Å². The number of nitrogens with one attached hydrogen (secondary N) is 1. The molecule has 0 saturated carbocycles. The molecule has 72 valence electrons. The van der Waals surface area contributed by atoms with Crippen molar-refractivity contribution in [3.05, 3.63) is 35.6 Å². The summed E-state index contributed by atoms with van der Waals surface area (Å²) in [5.41, 5.74) is 4.89. The van der Waals surface area contributed by atoms with Gasteiger partial charge in [-0.1, -0.05) is 12.1 Å². The van der Waals surface area contributed by atoms with Gasteiger partial charge in [0.25, 0.3) is 0 Å². The first-order valence-corrected chi connectivity index (χ1v) is 4.50. The van der Waals surface area contributed by atoms with E-state index in [1.165, 1.54) is 11.0 Å². The fraction of sp³-hybridized carbons (Fsp3) is 0.400. The summed E-state index contributed by atoms with van der Waals surface area (Å²) in [6, 6.07) is 7.04. The van der Waals surface area contributed by atoms with Crippen molar-refractivity contribution in [2.24, 2.45) is 0 Å². The quantitative estimate of drug-likeness (QED) is 0.620. The number of rotatable bonds is 3. The maximum atomic E-state index is 12.9. The normalized spacial score (nSPS) is 13.3. The number of hydrogen-bond acceptors (Lipinski definition) is 0. The molecule has 0 spiro atoms. The zero-order valence-corrected chi connectivity index (χ0v) is 8.18. The number of benzene rings is 1. The first-order chi connectivity index (χ1) is 6.15. The average molecular weight is 184 g/mol. The third-order valence-electron chi connectivity index (χ3n) is 2.24. The van der Waals surface area contributed by atoms with E-state index in [0.717, 1.165) is 12.1 Å². The standard InChI is InChI=1S/C10H15FN2/c1-13(2)10(7-12)8-4-3-5-9(11)6-8/h3-6,10H,7,12H2,1-2H3/p+2/t10-/m1/s1. The highest BCUT2D eigenvalue weighted by atomic mass is 19.1. The molecule has 0 unspecified atom stereocenters. The minimum absolute atomic E-state index is 0.169. The number of likely N-dealkylation sites (N-methyl/N-ethyl adjacent to an activating group) is 1. The Morgan fingerprint density at radius 1 is 1.46 bits per heavy atom. The molecule has 3 heteroatoms. The van der Waals surface area contributed by atoms with Crippen LogP contribution in [0.1, 0.15) is 11.6 Å². The highest BCUT2D eigenvalue weighted by Crippen LogP contribution is 2.09. The van der Waals surface area contributed by atoms with Gasteiger partial charge in [-0.05, 0) is 12.1 Å². The second-order valence-corrected chi connectivity index (χ2v) is 3.47. The molecule has 0 fully saturated rings. The van der Waals surface area contributed by atoms with E-state index in [4.69, 9.17) is 0 Å². The second-order valence-electron chi connectivity index (χ2n) is 3.47. The van der Waals surface area contributed by atoms with Crippen molar-refractivity contribution >= 4 is 0 Å². The van der Waals surface area contributed by atoms with Crippen LogP contribution >= 0.6 is 0 Å². The molecule has 13 heavy (non-hydrogen) atoms. The van der Waals surface area contributed by atoms with Crippen molar-refractivity contribution < 1.29 is 15.0 Å². The van der Waals surface area contributed by atoms with E-state index in [1.54, 1.807) is 12.1 Å². The summed E-state index contributed by atoms with van der Waals surface area (Å²) in [5, 5.41) is 0. The lowest BCUT2D eigenvalue weighted by molar-refractivity contribution is -0.899. The van der Waals surface area contributed by atoms with Gasteiger partial charge in [-0.3, -0.25) is 0 Å². The van der Waals surface area contributed by atoms with Gasteiger partial charge in [0, 0.05) is 5.56 Å². The van der Waals surface area contributed by atoms with Gasteiger partial charge in [-0.15, -0.1) is 0 Å². The molecule has 0 bridgehead atoms. The van der Waals surface area contributed by atoms with Crippen molar-refractivity contribution in [1.29, 1.82) is 0 Å². The summed E-state index contributed by atoms with van der Waals surface area (Å²) >= 11 is 0. The van der Waals surface area contributed by atoms with Crippen molar-refractivity contribution in [1.82, 2.24) is 0 Å². The lowest BCUT2D eigenvalue weighted by atomic mass is 10.1. The minimum Gasteiger partial charge on any atom is -0.352 e. The average Bonchev–Trinajstić information content (AvgIpc) is 2.04. The van der Waals surface area contributed by atoms with E-state index in [-0.39, 0.29) is 11.9 Å². The minimum atomic E-state index is -0.169. The van der Waals surface area contributed by atoms with E-state index < -0.39 is 0 Å². The van der Waals surface area contributed by atoms with Crippen LogP contribution in [0.4, 0.5) is 4.39 Å². The molecule has 0 heterocycles. The van der Waals surface area contributed by atoms with Gasteiger partial charge in [0.2, 0.25) is 0 Å². The van der Waals surface area contributed by atoms with Crippen LogP contribution in [0.5, 0.6) is 0 Å². The molecule has 1 aromatic carbocycles. The smallest absolute Gasteiger partial charge is 0.162 e. The third-order valence-corrected chi connectivity index (χ3v) is 2.24. The van der Waals surface area contributed by atoms with E-state index in [9.17, 15) is 4.39 Å². The molecular formula is C10H17FN2+2. The maximum absolute atomic E-state index is 12.9. The molecule has 1 atom stereocenters. The van der Waals surface area contributed by atoms with Gasteiger partial charge in [-0.25, -0.2) is 4.39 Å². The van der Waals surface area contributed by atoms with E-state index >= 15 is 0 Å². The van der Waals surface area contributed by atoms with Crippen LogP contribution in [0.15, 0.2) is 24.3 Å². The van der Waals surface area contributed by atoms with Gasteiger partial charge < -0.3 is 10.6 Å². The molecule has 0 aromatic heterocycles. The second kappa shape index (κ2) is 4.35. The Kier molecular flexibility index (Phi) is 3.39. The van der Waals surface area contributed by atoms with Crippen molar-refractivity contribution in [2.75, 3.05) is 20.6 Å². The maximum Gasteiger partial charge on any atom is 0.162 e. The van der Waals surface area contributed by atoms with Crippen LogP contribution in [0.3, 0.4) is 0 Å². The van der Waals surface area contributed by atoms with Crippen LogP contribution in [0.25, 0.3) is 0 Å². The van der Waals surface area contributed by atoms with E-state index in [0.29, 0.717) is 0 Å². The van der Waals surface area contributed by atoms with Gasteiger partial charge in [0.1, 0.15) is 12.4 Å². The summed E-state index contributed by atoms with van der Waals surface area (Å²) in [6.07, 6.45) is 0. The van der Waals surface area contributed by atoms with Crippen molar-refractivity contribution in [3.63, 3.8) is 0 Å². The Labute approximate surface area is 78.2 Å². The molecule has 1 rings (SSSR count). The molecular weight excluding hydrogens is 167 g/mol. The lowest BCUT2D eigenvalue weighted by Crippen LogP contribution is -3.07.